The molecule has 0 aliphatic heterocycles. The van der Waals surface area contributed by atoms with Crippen LogP contribution in [0, 0.1) is 6.92 Å². The average Bonchev–Trinajstić information content (AvgIpc) is 3.14. The van der Waals surface area contributed by atoms with E-state index in [2.05, 4.69) is 10.3 Å². The van der Waals surface area contributed by atoms with Crippen LogP contribution in [0.15, 0.2) is 46.9 Å². The van der Waals surface area contributed by atoms with E-state index in [1.807, 2.05) is 30.3 Å². The Morgan fingerprint density at radius 2 is 1.84 bits per heavy atom. The van der Waals surface area contributed by atoms with Crippen LogP contribution in [0.3, 0.4) is 0 Å². The van der Waals surface area contributed by atoms with Crippen LogP contribution in [0.5, 0.6) is 11.5 Å². The molecule has 1 amide bonds. The lowest BCUT2D eigenvalue weighted by molar-refractivity contribution is -0.118. The van der Waals surface area contributed by atoms with Crippen molar-refractivity contribution >= 4 is 28.3 Å². The van der Waals surface area contributed by atoms with Gasteiger partial charge in [-0.05, 0) is 49.2 Å². The average molecular weight is 477 g/mol. The summed E-state index contributed by atoms with van der Waals surface area (Å²) in [5.74, 6) is 1.88. The molecule has 0 bridgehead atoms. The van der Waals surface area contributed by atoms with Crippen molar-refractivity contribution in [1.29, 1.82) is 0 Å². The van der Waals surface area contributed by atoms with Gasteiger partial charge in [-0.2, -0.15) is 0 Å². The Labute approximate surface area is 194 Å². The predicted molar refractivity (Wildman–Crippen MR) is 125 cm³/mol. The maximum absolute atomic E-state index is 12.5. The van der Waals surface area contributed by atoms with Crippen LogP contribution in [0.4, 0.5) is 0 Å². The number of aryl methyl sites for hydroxylation is 1. The van der Waals surface area contributed by atoms with Gasteiger partial charge >= 0.3 is 0 Å². The summed E-state index contributed by atoms with van der Waals surface area (Å²) in [7, 11) is 1.70. The molecule has 0 saturated carbocycles. The molecule has 0 fully saturated rings. The number of carbonyl (C=O) groups is 1. The fraction of sp³-hybridized carbons (Fsp3) is 0.304. The molecule has 170 valence electrons. The van der Waals surface area contributed by atoms with Crippen LogP contribution in [-0.4, -0.2) is 41.6 Å². The van der Waals surface area contributed by atoms with Gasteiger partial charge in [0.05, 0.1) is 25.7 Å². The lowest BCUT2D eigenvalue weighted by Gasteiger charge is -2.07. The molecule has 0 aliphatic rings. The van der Waals surface area contributed by atoms with Gasteiger partial charge < -0.3 is 19.2 Å². The number of nitrogens with one attached hydrogen (secondary N) is 1. The maximum atomic E-state index is 12.5. The Morgan fingerprint density at radius 1 is 1.12 bits per heavy atom. The number of carbonyl (C=O) groups excluding carboxylic acids is 1. The summed E-state index contributed by atoms with van der Waals surface area (Å²) in [5.41, 5.74) is 2.33. The Bertz CT molecular complexity index is 1100. The lowest BCUT2D eigenvalue weighted by atomic mass is 10.1. The van der Waals surface area contributed by atoms with E-state index in [0.717, 1.165) is 5.56 Å². The number of aromatic nitrogens is 1. The van der Waals surface area contributed by atoms with Crippen molar-refractivity contribution in [3.05, 3.63) is 64.5 Å². The minimum Gasteiger partial charge on any atom is -0.493 e. The second-order valence-electron chi connectivity index (χ2n) is 7.05. The highest BCUT2D eigenvalue weighted by molar-refractivity contribution is 7.84. The zero-order valence-electron chi connectivity index (χ0n) is 18.1. The summed E-state index contributed by atoms with van der Waals surface area (Å²) in [5, 5.41) is 3.47. The first-order valence-electron chi connectivity index (χ1n) is 9.94. The summed E-state index contributed by atoms with van der Waals surface area (Å²) >= 11 is 5.87. The molecule has 1 unspecified atom stereocenters. The van der Waals surface area contributed by atoms with Crippen molar-refractivity contribution in [2.75, 3.05) is 26.5 Å². The topological polar surface area (TPSA) is 90.7 Å². The Hall–Kier alpha value is -2.84. The number of halogens is 1. The first-order chi connectivity index (χ1) is 15.4. The number of benzene rings is 2. The highest BCUT2D eigenvalue weighted by Gasteiger charge is 2.17. The van der Waals surface area contributed by atoms with Gasteiger partial charge in [0.1, 0.15) is 11.5 Å². The molecule has 2 aromatic carbocycles. The van der Waals surface area contributed by atoms with E-state index < -0.39 is 10.8 Å². The second kappa shape index (κ2) is 11.2. The number of nitrogens with zero attached hydrogens (tertiary/aromatic N) is 1. The molecule has 3 rings (SSSR count). The molecule has 1 aromatic heterocycles. The van der Waals surface area contributed by atoms with E-state index in [4.69, 9.17) is 25.5 Å². The molecule has 0 spiro atoms. The summed E-state index contributed by atoms with van der Waals surface area (Å²) in [6.07, 6.45) is 0.673. The first-order valence-corrected chi connectivity index (χ1v) is 11.8. The third kappa shape index (κ3) is 6.34. The largest absolute Gasteiger partial charge is 0.493 e. The predicted octanol–water partition coefficient (Wildman–Crippen LogP) is 3.93. The van der Waals surface area contributed by atoms with Crippen LogP contribution in [0.1, 0.15) is 17.0 Å². The highest BCUT2D eigenvalue weighted by atomic mass is 35.5. The molecule has 0 radical (unpaired) electrons. The fourth-order valence-corrected chi connectivity index (χ4v) is 4.25. The van der Waals surface area contributed by atoms with Gasteiger partial charge in [0, 0.05) is 27.9 Å². The van der Waals surface area contributed by atoms with Gasteiger partial charge in [-0.25, -0.2) is 4.98 Å². The van der Waals surface area contributed by atoms with Crippen molar-refractivity contribution in [1.82, 2.24) is 10.3 Å². The smallest absolute Gasteiger partial charge is 0.232 e. The highest BCUT2D eigenvalue weighted by Crippen LogP contribution is 2.32. The number of methoxy groups -OCH3 is 2. The van der Waals surface area contributed by atoms with Gasteiger partial charge in [-0.3, -0.25) is 9.00 Å². The third-order valence-electron chi connectivity index (χ3n) is 4.76. The zero-order chi connectivity index (χ0) is 23.1. The van der Waals surface area contributed by atoms with Gasteiger partial charge in [0.2, 0.25) is 11.8 Å². The number of oxazole rings is 1. The minimum absolute atomic E-state index is 0.0986. The number of hydrogen-bond donors (Lipinski definition) is 1. The molecule has 32 heavy (non-hydrogen) atoms. The Morgan fingerprint density at radius 3 is 2.53 bits per heavy atom. The Balaban J connectivity index is 1.54. The van der Waals surface area contributed by atoms with Gasteiger partial charge in [0.25, 0.3) is 0 Å². The number of ether oxygens (including phenoxy) is 2. The zero-order valence-corrected chi connectivity index (χ0v) is 19.7. The van der Waals surface area contributed by atoms with E-state index in [0.29, 0.717) is 52.4 Å². The maximum Gasteiger partial charge on any atom is 0.232 e. The van der Waals surface area contributed by atoms with Crippen LogP contribution < -0.4 is 14.8 Å². The summed E-state index contributed by atoms with van der Waals surface area (Å²) in [6.45, 7) is 2.22. The molecule has 3 aromatic rings. The van der Waals surface area contributed by atoms with Crippen molar-refractivity contribution in [3.63, 3.8) is 0 Å². The minimum atomic E-state index is -1.41. The molecule has 0 saturated heterocycles. The molecule has 1 heterocycles. The van der Waals surface area contributed by atoms with E-state index in [9.17, 15) is 9.00 Å². The van der Waals surface area contributed by atoms with E-state index in [-0.39, 0.29) is 17.4 Å². The van der Waals surface area contributed by atoms with Crippen molar-refractivity contribution in [2.45, 2.75) is 19.1 Å². The van der Waals surface area contributed by atoms with Crippen molar-refractivity contribution < 1.29 is 22.9 Å². The summed E-state index contributed by atoms with van der Waals surface area (Å²) in [4.78, 5) is 16.6. The van der Waals surface area contributed by atoms with Gasteiger partial charge in [0.15, 0.2) is 11.5 Å². The van der Waals surface area contributed by atoms with Crippen LogP contribution >= 0.6 is 11.6 Å². The van der Waals surface area contributed by atoms with Gasteiger partial charge in [-0.15, -0.1) is 0 Å². The molecule has 9 heteroatoms. The number of hydrogen-bond acceptors (Lipinski definition) is 6. The Kier molecular flexibility index (Phi) is 8.30. The first kappa shape index (κ1) is 23.8. The number of amides is 1. The molecule has 7 nitrogen and oxygen atoms in total. The lowest BCUT2D eigenvalue weighted by Crippen LogP contribution is -2.30. The normalized spacial score (nSPS) is 11.8. The van der Waals surface area contributed by atoms with E-state index >= 15 is 0 Å². The molecule has 0 aliphatic carbocycles. The van der Waals surface area contributed by atoms with Crippen LogP contribution in [-0.2, 0) is 27.8 Å². The van der Waals surface area contributed by atoms with Crippen molar-refractivity contribution in [2.24, 2.45) is 0 Å². The van der Waals surface area contributed by atoms with Crippen LogP contribution in [0.25, 0.3) is 11.5 Å². The van der Waals surface area contributed by atoms with Crippen LogP contribution in [0.2, 0.25) is 5.02 Å². The SMILES string of the molecule is COc1ccc(-c2nc(CS(=O)CC(=O)NCCc3ccc(Cl)cc3)c(C)o2)cc1OC. The van der Waals surface area contributed by atoms with E-state index in [1.165, 1.54) is 0 Å². The standard InChI is InChI=1S/C23H25ClN2O5S/c1-15-19(26-23(31-15)17-6-9-20(29-2)21(12-17)30-3)13-32(28)14-22(27)25-11-10-16-4-7-18(24)8-5-16/h4-9,12H,10-11,13-14H2,1-3H3,(H,25,27). The summed E-state index contributed by atoms with van der Waals surface area (Å²) < 4.78 is 28.8. The molecular formula is C23H25ClN2O5S. The fourth-order valence-electron chi connectivity index (χ4n) is 3.05. The third-order valence-corrected chi connectivity index (χ3v) is 6.19. The summed E-state index contributed by atoms with van der Waals surface area (Å²) in [6, 6.07) is 12.8. The second-order valence-corrected chi connectivity index (χ2v) is 8.94. The number of rotatable bonds is 10. The molecule has 1 N–H and O–H groups in total. The van der Waals surface area contributed by atoms with Gasteiger partial charge in [-0.1, -0.05) is 23.7 Å². The monoisotopic (exact) mass is 476 g/mol. The molecular weight excluding hydrogens is 452 g/mol. The molecule has 1 atom stereocenters. The van der Waals surface area contributed by atoms with Crippen molar-refractivity contribution in [3.8, 4) is 23.0 Å². The quantitative estimate of drug-likeness (QED) is 0.476. The van der Waals surface area contributed by atoms with E-state index in [1.54, 1.807) is 33.3 Å².